The van der Waals surface area contributed by atoms with E-state index >= 15 is 0 Å². The van der Waals surface area contributed by atoms with Crippen molar-refractivity contribution in [3.63, 3.8) is 0 Å². The number of aromatic nitrogens is 1. The molecule has 0 radical (unpaired) electrons. The van der Waals surface area contributed by atoms with Gasteiger partial charge in [0.15, 0.2) is 17.5 Å². The van der Waals surface area contributed by atoms with Gasteiger partial charge in [-0.25, -0.2) is 0 Å². The fourth-order valence-corrected chi connectivity index (χ4v) is 3.53. The molecule has 0 saturated heterocycles. The van der Waals surface area contributed by atoms with Crippen molar-refractivity contribution in [3.8, 4) is 11.5 Å². The van der Waals surface area contributed by atoms with Crippen molar-refractivity contribution < 1.29 is 9.84 Å². The normalized spacial score (nSPS) is 11.2. The summed E-state index contributed by atoms with van der Waals surface area (Å²) >= 11 is 0. The zero-order valence-corrected chi connectivity index (χ0v) is 20.1. The molecule has 0 unspecified atom stereocenters. The Kier molecular flexibility index (Phi) is 9.29. The highest BCUT2D eigenvalue weighted by Gasteiger charge is 2.09. The predicted octanol–water partition coefficient (Wildman–Crippen LogP) is 4.15. The minimum atomic E-state index is 0. The fraction of sp³-hybridized carbons (Fsp3) is 0.348. The minimum Gasteiger partial charge on any atom is -0.504 e. The van der Waals surface area contributed by atoms with Gasteiger partial charge >= 0.3 is 0 Å². The highest BCUT2D eigenvalue weighted by molar-refractivity contribution is 14.0. The van der Waals surface area contributed by atoms with E-state index in [-0.39, 0.29) is 29.7 Å². The summed E-state index contributed by atoms with van der Waals surface area (Å²) in [5.41, 5.74) is 4.54. The molecule has 7 heteroatoms. The minimum absolute atomic E-state index is 0. The average Bonchev–Trinajstić information content (AvgIpc) is 3.04. The molecule has 3 rings (SSSR count). The van der Waals surface area contributed by atoms with Crippen LogP contribution in [0, 0.1) is 6.92 Å². The number of nitrogens with one attached hydrogen (secondary N) is 3. The summed E-state index contributed by atoms with van der Waals surface area (Å²) in [6.45, 7) is 6.32. The maximum absolute atomic E-state index is 10.2. The molecule has 0 aliphatic carbocycles. The van der Waals surface area contributed by atoms with Gasteiger partial charge < -0.3 is 25.5 Å². The van der Waals surface area contributed by atoms with E-state index in [9.17, 15) is 5.11 Å². The predicted molar refractivity (Wildman–Crippen MR) is 134 cm³/mol. The molecule has 0 atom stereocenters. The molecular weight excluding hydrogens is 491 g/mol. The first-order valence-corrected chi connectivity index (χ1v) is 10.1. The van der Waals surface area contributed by atoms with Crippen LogP contribution in [0.1, 0.15) is 23.7 Å². The summed E-state index contributed by atoms with van der Waals surface area (Å²) in [5.74, 6) is 1.48. The van der Waals surface area contributed by atoms with Crippen molar-refractivity contribution in [1.29, 1.82) is 0 Å². The number of phenolic OH excluding ortho intramolecular Hbond substituents is 1. The maximum atomic E-state index is 10.2. The van der Waals surface area contributed by atoms with Gasteiger partial charge in [-0.1, -0.05) is 30.3 Å². The standard InChI is InChI=1S/C23H30N4O2.HI/c1-4-24-23(25-14-12-17-8-7-11-21(29-3)22(17)28)26-15-13-18-16(2)27-20-10-6-5-9-19(18)20;/h5-11,27-28H,4,12-15H2,1-3H3,(H2,24,25,26);1H. The SMILES string of the molecule is CCNC(=NCCc1c(C)[nH]c2ccccc12)NCCc1cccc(OC)c1O.I. The second kappa shape index (κ2) is 11.7. The summed E-state index contributed by atoms with van der Waals surface area (Å²) in [4.78, 5) is 8.16. The fourth-order valence-electron chi connectivity index (χ4n) is 3.53. The molecule has 1 heterocycles. The van der Waals surface area contributed by atoms with Crippen molar-refractivity contribution in [2.24, 2.45) is 4.99 Å². The number of aliphatic imine (C=N–C) groups is 1. The molecule has 0 amide bonds. The van der Waals surface area contributed by atoms with Crippen LogP contribution < -0.4 is 15.4 Å². The molecule has 0 aliphatic heterocycles. The number of phenols is 1. The number of guanidine groups is 1. The number of rotatable bonds is 8. The lowest BCUT2D eigenvalue weighted by Crippen LogP contribution is -2.38. The second-order valence-electron chi connectivity index (χ2n) is 6.93. The Morgan fingerprint density at radius 3 is 2.67 bits per heavy atom. The Balaban J connectivity index is 0.00000320. The lowest BCUT2D eigenvalue weighted by Gasteiger charge is -2.13. The lowest BCUT2D eigenvalue weighted by atomic mass is 10.1. The van der Waals surface area contributed by atoms with Crippen LogP contribution in [0.5, 0.6) is 11.5 Å². The van der Waals surface area contributed by atoms with E-state index in [2.05, 4.69) is 47.7 Å². The monoisotopic (exact) mass is 522 g/mol. The van der Waals surface area contributed by atoms with E-state index in [0.29, 0.717) is 25.3 Å². The number of nitrogens with zero attached hydrogens (tertiary/aromatic N) is 1. The van der Waals surface area contributed by atoms with Crippen LogP contribution in [-0.4, -0.2) is 42.8 Å². The quantitative estimate of drug-likeness (QED) is 0.204. The van der Waals surface area contributed by atoms with Crippen LogP contribution in [0.15, 0.2) is 47.5 Å². The van der Waals surface area contributed by atoms with Crippen molar-refractivity contribution >= 4 is 40.8 Å². The highest BCUT2D eigenvalue weighted by atomic mass is 127. The molecule has 2 aromatic carbocycles. The van der Waals surface area contributed by atoms with E-state index in [1.807, 2.05) is 18.2 Å². The van der Waals surface area contributed by atoms with Gasteiger partial charge in [-0.3, -0.25) is 4.99 Å². The molecule has 0 fully saturated rings. The topological polar surface area (TPSA) is 81.7 Å². The van der Waals surface area contributed by atoms with Crippen molar-refractivity contribution in [2.45, 2.75) is 26.7 Å². The number of benzene rings is 2. The van der Waals surface area contributed by atoms with E-state index in [1.165, 1.54) is 22.2 Å². The molecule has 0 saturated carbocycles. The lowest BCUT2D eigenvalue weighted by molar-refractivity contribution is 0.370. The summed E-state index contributed by atoms with van der Waals surface area (Å²) in [6, 6.07) is 13.9. The summed E-state index contributed by atoms with van der Waals surface area (Å²) in [7, 11) is 1.56. The summed E-state index contributed by atoms with van der Waals surface area (Å²) in [6.07, 6.45) is 1.55. The van der Waals surface area contributed by atoms with E-state index < -0.39 is 0 Å². The average molecular weight is 522 g/mol. The Morgan fingerprint density at radius 1 is 1.10 bits per heavy atom. The molecule has 0 spiro atoms. The molecule has 1 aromatic heterocycles. The Bertz CT molecular complexity index is 984. The highest BCUT2D eigenvalue weighted by Crippen LogP contribution is 2.29. The molecule has 0 aliphatic rings. The molecule has 162 valence electrons. The third-order valence-corrected chi connectivity index (χ3v) is 4.99. The Labute approximate surface area is 195 Å². The zero-order chi connectivity index (χ0) is 20.6. The number of hydrogen-bond acceptors (Lipinski definition) is 3. The number of aromatic hydroxyl groups is 1. The third kappa shape index (κ3) is 5.81. The summed E-state index contributed by atoms with van der Waals surface area (Å²) in [5, 5.41) is 18.1. The Hall–Kier alpha value is -2.42. The van der Waals surface area contributed by atoms with E-state index in [1.54, 1.807) is 13.2 Å². The van der Waals surface area contributed by atoms with Gasteiger partial charge in [0.2, 0.25) is 0 Å². The van der Waals surface area contributed by atoms with Crippen molar-refractivity contribution in [3.05, 3.63) is 59.3 Å². The molecule has 3 aromatic rings. The largest absolute Gasteiger partial charge is 0.504 e. The number of aromatic amines is 1. The number of fused-ring (bicyclic) bond motifs is 1. The van der Waals surface area contributed by atoms with Crippen LogP contribution in [0.2, 0.25) is 0 Å². The zero-order valence-electron chi connectivity index (χ0n) is 17.8. The number of methoxy groups -OCH3 is 1. The molecule has 30 heavy (non-hydrogen) atoms. The smallest absolute Gasteiger partial charge is 0.191 e. The van der Waals surface area contributed by atoms with Gasteiger partial charge in [-0.05, 0) is 49.9 Å². The van der Waals surface area contributed by atoms with E-state index in [0.717, 1.165) is 24.5 Å². The van der Waals surface area contributed by atoms with E-state index in [4.69, 9.17) is 9.73 Å². The number of aryl methyl sites for hydroxylation is 1. The molecular formula is C23H31IN4O2. The van der Waals surface area contributed by atoms with Crippen LogP contribution >= 0.6 is 24.0 Å². The number of ether oxygens (including phenoxy) is 1. The van der Waals surface area contributed by atoms with Crippen LogP contribution in [0.25, 0.3) is 10.9 Å². The first kappa shape index (κ1) is 23.9. The van der Waals surface area contributed by atoms with Crippen LogP contribution in [-0.2, 0) is 12.8 Å². The van der Waals surface area contributed by atoms with Gasteiger partial charge in [0, 0.05) is 36.2 Å². The number of hydrogen-bond donors (Lipinski definition) is 4. The van der Waals surface area contributed by atoms with Gasteiger partial charge in [0.25, 0.3) is 0 Å². The van der Waals surface area contributed by atoms with Crippen molar-refractivity contribution in [2.75, 3.05) is 26.7 Å². The first-order chi connectivity index (χ1) is 14.1. The summed E-state index contributed by atoms with van der Waals surface area (Å²) < 4.78 is 5.17. The van der Waals surface area contributed by atoms with Gasteiger partial charge in [0.05, 0.1) is 7.11 Å². The van der Waals surface area contributed by atoms with Crippen molar-refractivity contribution in [1.82, 2.24) is 15.6 Å². The molecule has 0 bridgehead atoms. The maximum Gasteiger partial charge on any atom is 0.191 e. The third-order valence-electron chi connectivity index (χ3n) is 4.99. The number of halogens is 1. The van der Waals surface area contributed by atoms with Crippen LogP contribution in [0.4, 0.5) is 0 Å². The van der Waals surface area contributed by atoms with Gasteiger partial charge in [-0.2, -0.15) is 0 Å². The second-order valence-corrected chi connectivity index (χ2v) is 6.93. The van der Waals surface area contributed by atoms with Gasteiger partial charge in [0.1, 0.15) is 0 Å². The number of para-hydroxylation sites is 2. The Morgan fingerprint density at radius 2 is 1.90 bits per heavy atom. The number of H-pyrrole nitrogens is 1. The molecule has 6 nitrogen and oxygen atoms in total. The molecule has 4 N–H and O–H groups in total. The first-order valence-electron chi connectivity index (χ1n) is 10.1. The van der Waals surface area contributed by atoms with Gasteiger partial charge in [-0.15, -0.1) is 24.0 Å². The van der Waals surface area contributed by atoms with Crippen LogP contribution in [0.3, 0.4) is 0 Å².